The molecule has 0 atom stereocenters. The first-order valence-corrected chi connectivity index (χ1v) is 8.57. The van der Waals surface area contributed by atoms with Gasteiger partial charge in [-0.15, -0.1) is 0 Å². The van der Waals surface area contributed by atoms with Gasteiger partial charge in [0, 0.05) is 0 Å². The van der Waals surface area contributed by atoms with Crippen molar-refractivity contribution >= 4 is 6.09 Å². The Morgan fingerprint density at radius 2 is 1.60 bits per heavy atom. The van der Waals surface area contributed by atoms with E-state index < -0.39 is 11.2 Å². The Balaban J connectivity index is 1.82. The van der Waals surface area contributed by atoms with Crippen LogP contribution in [0.3, 0.4) is 0 Å². The van der Waals surface area contributed by atoms with E-state index in [1.165, 1.54) is 0 Å². The Bertz CT molecular complexity index is 743. The van der Waals surface area contributed by atoms with Crippen molar-refractivity contribution in [3.8, 4) is 5.75 Å². The van der Waals surface area contributed by atoms with E-state index >= 15 is 0 Å². The molecule has 0 bridgehead atoms. The topological polar surface area (TPSA) is 38.8 Å². The maximum absolute atomic E-state index is 12.3. The number of rotatable bonds is 3. The summed E-state index contributed by atoms with van der Waals surface area (Å²) in [6.45, 7) is 8.59. The molecule has 3 rings (SSSR count). The normalized spacial score (nSPS) is 16.1. The average Bonchev–Trinajstić information content (AvgIpc) is 2.51. The molecule has 132 valence electrons. The van der Waals surface area contributed by atoms with Gasteiger partial charge in [0.25, 0.3) is 0 Å². The predicted octanol–water partition coefficient (Wildman–Crippen LogP) is 4.52. The fraction of sp³-hybridized carbons (Fsp3) is 0.381. The van der Waals surface area contributed by atoms with E-state index in [0.717, 1.165) is 16.9 Å². The summed E-state index contributed by atoms with van der Waals surface area (Å²) in [5.41, 5.74) is 1.11. The number of carbonyl (C=O) groups excluding carboxylic acids is 1. The highest BCUT2D eigenvalue weighted by Crippen LogP contribution is 2.38. The van der Waals surface area contributed by atoms with Gasteiger partial charge in [-0.2, -0.15) is 0 Å². The standard InChI is InChI=1S/C21H25NO3/c1-16-10-8-9-13-18(16)24-21(17-11-6-5-7-12-17)14-22(15-21)19(23)25-20(2,3)4/h5-13H,14-15H2,1-4H3. The molecule has 1 saturated heterocycles. The minimum absolute atomic E-state index is 0.299. The van der Waals surface area contributed by atoms with Crippen LogP contribution in [0.15, 0.2) is 54.6 Å². The van der Waals surface area contributed by atoms with Gasteiger partial charge in [-0.05, 0) is 44.9 Å². The highest BCUT2D eigenvalue weighted by Gasteiger charge is 2.50. The number of aryl methyl sites for hydroxylation is 1. The molecular formula is C21H25NO3. The minimum Gasteiger partial charge on any atom is -0.479 e. The van der Waals surface area contributed by atoms with Crippen LogP contribution in [0.2, 0.25) is 0 Å². The van der Waals surface area contributed by atoms with E-state index in [9.17, 15) is 4.79 Å². The lowest BCUT2D eigenvalue weighted by Crippen LogP contribution is -2.64. The second-order valence-electron chi connectivity index (χ2n) is 7.56. The van der Waals surface area contributed by atoms with Crippen molar-refractivity contribution in [2.24, 2.45) is 0 Å². The van der Waals surface area contributed by atoms with Gasteiger partial charge in [0.1, 0.15) is 11.4 Å². The van der Waals surface area contributed by atoms with Crippen molar-refractivity contribution in [3.63, 3.8) is 0 Å². The van der Waals surface area contributed by atoms with Gasteiger partial charge in [0.15, 0.2) is 5.60 Å². The molecule has 1 fully saturated rings. The van der Waals surface area contributed by atoms with Gasteiger partial charge in [-0.1, -0.05) is 48.5 Å². The lowest BCUT2D eigenvalue weighted by molar-refractivity contribution is -0.0865. The summed E-state index contributed by atoms with van der Waals surface area (Å²) in [6, 6.07) is 18.0. The van der Waals surface area contributed by atoms with Crippen LogP contribution >= 0.6 is 0 Å². The molecule has 2 aromatic rings. The number of likely N-dealkylation sites (tertiary alicyclic amines) is 1. The molecule has 25 heavy (non-hydrogen) atoms. The van der Waals surface area contributed by atoms with Crippen LogP contribution in [0.4, 0.5) is 4.79 Å². The molecule has 1 aliphatic rings. The first kappa shape index (κ1) is 17.3. The Kier molecular flexibility index (Phi) is 4.46. The molecule has 0 radical (unpaired) electrons. The van der Waals surface area contributed by atoms with Crippen LogP contribution in [-0.2, 0) is 10.3 Å². The number of nitrogens with zero attached hydrogens (tertiary/aromatic N) is 1. The summed E-state index contributed by atoms with van der Waals surface area (Å²) < 4.78 is 11.9. The van der Waals surface area contributed by atoms with E-state index in [2.05, 4.69) is 0 Å². The number of carbonyl (C=O) groups is 1. The van der Waals surface area contributed by atoms with Crippen molar-refractivity contribution in [3.05, 3.63) is 65.7 Å². The van der Waals surface area contributed by atoms with E-state index in [0.29, 0.717) is 13.1 Å². The maximum atomic E-state index is 12.3. The molecule has 0 aliphatic carbocycles. The smallest absolute Gasteiger partial charge is 0.410 e. The quantitative estimate of drug-likeness (QED) is 0.825. The maximum Gasteiger partial charge on any atom is 0.410 e. The van der Waals surface area contributed by atoms with E-state index in [4.69, 9.17) is 9.47 Å². The molecular weight excluding hydrogens is 314 g/mol. The first-order chi connectivity index (χ1) is 11.8. The van der Waals surface area contributed by atoms with Crippen molar-refractivity contribution in [1.29, 1.82) is 0 Å². The summed E-state index contributed by atoms with van der Waals surface area (Å²) in [4.78, 5) is 14.0. The largest absolute Gasteiger partial charge is 0.479 e. The van der Waals surface area contributed by atoms with Crippen molar-refractivity contribution < 1.29 is 14.3 Å². The third-order valence-corrected chi connectivity index (χ3v) is 4.24. The Morgan fingerprint density at radius 3 is 2.20 bits per heavy atom. The number of amides is 1. The summed E-state index contributed by atoms with van der Waals surface area (Å²) in [5.74, 6) is 0.843. The molecule has 1 amide bonds. The molecule has 1 aliphatic heterocycles. The third-order valence-electron chi connectivity index (χ3n) is 4.24. The zero-order valence-corrected chi connectivity index (χ0v) is 15.3. The summed E-state index contributed by atoms with van der Waals surface area (Å²) >= 11 is 0. The van der Waals surface area contributed by atoms with Gasteiger partial charge in [0.05, 0.1) is 13.1 Å². The van der Waals surface area contributed by atoms with Gasteiger partial charge in [-0.25, -0.2) is 4.79 Å². The predicted molar refractivity (Wildman–Crippen MR) is 97.7 cm³/mol. The summed E-state index contributed by atoms with van der Waals surface area (Å²) in [5, 5.41) is 0. The van der Waals surface area contributed by atoms with E-state index in [1.807, 2.05) is 82.3 Å². The van der Waals surface area contributed by atoms with E-state index in [1.54, 1.807) is 4.90 Å². The number of hydrogen-bond donors (Lipinski definition) is 0. The SMILES string of the molecule is Cc1ccccc1OC1(c2ccccc2)CN(C(=O)OC(C)(C)C)C1. The third kappa shape index (κ3) is 3.78. The molecule has 0 saturated carbocycles. The van der Waals surface area contributed by atoms with Crippen molar-refractivity contribution in [2.45, 2.75) is 38.9 Å². The number of benzene rings is 2. The summed E-state index contributed by atoms with van der Waals surface area (Å²) in [6.07, 6.45) is -0.299. The second-order valence-corrected chi connectivity index (χ2v) is 7.56. The number of para-hydroxylation sites is 1. The fourth-order valence-electron chi connectivity index (χ4n) is 2.96. The van der Waals surface area contributed by atoms with Gasteiger partial charge < -0.3 is 9.47 Å². The molecule has 0 unspecified atom stereocenters. The van der Waals surface area contributed by atoms with Crippen LogP contribution < -0.4 is 4.74 Å². The van der Waals surface area contributed by atoms with Gasteiger partial charge in [0.2, 0.25) is 0 Å². The minimum atomic E-state index is -0.537. The molecule has 2 aromatic carbocycles. The lowest BCUT2D eigenvalue weighted by Gasteiger charge is -2.49. The monoisotopic (exact) mass is 339 g/mol. The lowest BCUT2D eigenvalue weighted by atomic mass is 9.86. The molecule has 0 spiro atoms. The summed E-state index contributed by atoms with van der Waals surface area (Å²) in [7, 11) is 0. The Labute approximate surface area is 149 Å². The van der Waals surface area contributed by atoms with Crippen LogP contribution in [0.1, 0.15) is 31.9 Å². The molecule has 0 aromatic heterocycles. The van der Waals surface area contributed by atoms with E-state index in [-0.39, 0.29) is 6.09 Å². The first-order valence-electron chi connectivity index (χ1n) is 8.57. The van der Waals surface area contributed by atoms with Gasteiger partial charge >= 0.3 is 6.09 Å². The highest BCUT2D eigenvalue weighted by molar-refractivity contribution is 5.70. The second kappa shape index (κ2) is 6.43. The fourth-order valence-corrected chi connectivity index (χ4v) is 2.96. The van der Waals surface area contributed by atoms with Gasteiger partial charge in [-0.3, -0.25) is 4.90 Å². The van der Waals surface area contributed by atoms with Crippen LogP contribution in [0.25, 0.3) is 0 Å². The van der Waals surface area contributed by atoms with Crippen molar-refractivity contribution in [1.82, 2.24) is 4.90 Å². The Morgan fingerprint density at radius 1 is 1.00 bits per heavy atom. The number of hydrogen-bond acceptors (Lipinski definition) is 3. The molecule has 0 N–H and O–H groups in total. The highest BCUT2D eigenvalue weighted by atomic mass is 16.6. The van der Waals surface area contributed by atoms with Crippen molar-refractivity contribution in [2.75, 3.05) is 13.1 Å². The molecule has 4 nitrogen and oxygen atoms in total. The zero-order valence-electron chi connectivity index (χ0n) is 15.3. The number of ether oxygens (including phenoxy) is 2. The zero-order chi connectivity index (χ0) is 18.1. The average molecular weight is 339 g/mol. The van der Waals surface area contributed by atoms with Crippen LogP contribution in [0.5, 0.6) is 5.75 Å². The molecule has 4 heteroatoms. The van der Waals surface area contributed by atoms with Crippen LogP contribution in [-0.4, -0.2) is 29.7 Å². The Hall–Kier alpha value is -2.49. The molecule has 1 heterocycles. The van der Waals surface area contributed by atoms with Crippen LogP contribution in [0, 0.1) is 6.92 Å².